The highest BCUT2D eigenvalue weighted by Crippen LogP contribution is 1.98. The predicted molar refractivity (Wildman–Crippen MR) is 73.1 cm³/mol. The first kappa shape index (κ1) is 16.4. The number of rotatable bonds is 11. The molecule has 0 aliphatic rings. The van der Waals surface area contributed by atoms with Crippen molar-refractivity contribution >= 4 is 5.91 Å². The molecule has 17 heavy (non-hydrogen) atoms. The zero-order valence-electron chi connectivity index (χ0n) is 11.6. The third kappa shape index (κ3) is 13.3. The molecule has 4 nitrogen and oxygen atoms in total. The average Bonchev–Trinajstić information content (AvgIpc) is 2.28. The number of carbonyl (C=O) groups is 1. The molecule has 1 amide bonds. The standard InChI is InChI=1S/C13H29N3O/c1-12(2)11-15-9-10-16-13(17)7-5-4-6-8-14-3/h12,14-15H,4-11H2,1-3H3,(H,16,17). The average molecular weight is 243 g/mol. The molecule has 0 saturated carbocycles. The van der Waals surface area contributed by atoms with Crippen LogP contribution >= 0.6 is 0 Å². The van der Waals surface area contributed by atoms with Gasteiger partial charge < -0.3 is 16.0 Å². The first-order valence-electron chi connectivity index (χ1n) is 6.78. The fourth-order valence-corrected chi connectivity index (χ4v) is 1.53. The minimum Gasteiger partial charge on any atom is -0.355 e. The Kier molecular flexibility index (Phi) is 11.4. The van der Waals surface area contributed by atoms with Crippen LogP contribution in [0.4, 0.5) is 0 Å². The zero-order chi connectivity index (χ0) is 12.9. The van der Waals surface area contributed by atoms with Gasteiger partial charge in [-0.25, -0.2) is 0 Å². The molecule has 0 aliphatic carbocycles. The molecule has 3 N–H and O–H groups in total. The quantitative estimate of drug-likeness (QED) is 0.477. The molecule has 0 spiro atoms. The highest BCUT2D eigenvalue weighted by molar-refractivity contribution is 5.75. The highest BCUT2D eigenvalue weighted by atomic mass is 16.1. The van der Waals surface area contributed by atoms with Crippen LogP contribution in [0.5, 0.6) is 0 Å². The van der Waals surface area contributed by atoms with Crippen LogP contribution in [-0.2, 0) is 4.79 Å². The van der Waals surface area contributed by atoms with E-state index in [0.717, 1.165) is 45.4 Å². The van der Waals surface area contributed by atoms with Gasteiger partial charge in [-0.1, -0.05) is 20.3 Å². The molecule has 0 aliphatic heterocycles. The Bertz CT molecular complexity index is 184. The van der Waals surface area contributed by atoms with Gasteiger partial charge in [0.2, 0.25) is 5.91 Å². The molecule has 4 heteroatoms. The Morgan fingerprint density at radius 1 is 1.06 bits per heavy atom. The molecule has 102 valence electrons. The summed E-state index contributed by atoms with van der Waals surface area (Å²) in [5.41, 5.74) is 0. The number of unbranched alkanes of at least 4 members (excludes halogenated alkanes) is 2. The van der Waals surface area contributed by atoms with E-state index in [2.05, 4.69) is 29.8 Å². The second kappa shape index (κ2) is 11.9. The van der Waals surface area contributed by atoms with E-state index in [4.69, 9.17) is 0 Å². The van der Waals surface area contributed by atoms with E-state index >= 15 is 0 Å². The summed E-state index contributed by atoms with van der Waals surface area (Å²) in [5.74, 6) is 0.846. The second-order valence-corrected chi connectivity index (χ2v) is 4.86. The Morgan fingerprint density at radius 3 is 2.47 bits per heavy atom. The monoisotopic (exact) mass is 243 g/mol. The first-order chi connectivity index (χ1) is 8.16. The minimum absolute atomic E-state index is 0.181. The van der Waals surface area contributed by atoms with Gasteiger partial charge in [0, 0.05) is 19.5 Å². The van der Waals surface area contributed by atoms with E-state index in [-0.39, 0.29) is 5.91 Å². The molecule has 0 fully saturated rings. The smallest absolute Gasteiger partial charge is 0.220 e. The molecule has 0 aromatic heterocycles. The number of hydrogen-bond acceptors (Lipinski definition) is 3. The molecule has 0 radical (unpaired) electrons. The van der Waals surface area contributed by atoms with E-state index in [1.807, 2.05) is 7.05 Å². The van der Waals surface area contributed by atoms with Crippen molar-refractivity contribution < 1.29 is 4.79 Å². The van der Waals surface area contributed by atoms with Crippen molar-refractivity contribution in [3.63, 3.8) is 0 Å². The van der Waals surface area contributed by atoms with Crippen LogP contribution in [0.2, 0.25) is 0 Å². The van der Waals surface area contributed by atoms with Crippen molar-refractivity contribution in [2.45, 2.75) is 39.5 Å². The van der Waals surface area contributed by atoms with Crippen molar-refractivity contribution in [3.8, 4) is 0 Å². The number of nitrogens with one attached hydrogen (secondary N) is 3. The van der Waals surface area contributed by atoms with Crippen molar-refractivity contribution in [2.75, 3.05) is 33.2 Å². The summed E-state index contributed by atoms with van der Waals surface area (Å²) in [6.07, 6.45) is 3.93. The first-order valence-corrected chi connectivity index (χ1v) is 6.78. The number of amides is 1. The maximum absolute atomic E-state index is 11.4. The highest BCUT2D eigenvalue weighted by Gasteiger charge is 2.00. The summed E-state index contributed by atoms with van der Waals surface area (Å²) in [7, 11) is 1.96. The van der Waals surface area contributed by atoms with Crippen LogP contribution in [0.25, 0.3) is 0 Å². The van der Waals surface area contributed by atoms with Gasteiger partial charge in [-0.15, -0.1) is 0 Å². The fourth-order valence-electron chi connectivity index (χ4n) is 1.53. The van der Waals surface area contributed by atoms with E-state index in [1.165, 1.54) is 0 Å². The molecule has 0 aromatic carbocycles. The molecule has 0 unspecified atom stereocenters. The van der Waals surface area contributed by atoms with Crippen LogP contribution in [0.3, 0.4) is 0 Å². The van der Waals surface area contributed by atoms with Crippen molar-refractivity contribution in [3.05, 3.63) is 0 Å². The predicted octanol–water partition coefficient (Wildman–Crippen LogP) is 1.13. The Morgan fingerprint density at radius 2 is 1.82 bits per heavy atom. The van der Waals surface area contributed by atoms with Gasteiger partial charge in [0.25, 0.3) is 0 Å². The molecular formula is C13H29N3O. The topological polar surface area (TPSA) is 53.2 Å². The maximum Gasteiger partial charge on any atom is 0.220 e. The largest absolute Gasteiger partial charge is 0.355 e. The summed E-state index contributed by atoms with van der Waals surface area (Å²) in [4.78, 5) is 11.4. The summed E-state index contributed by atoms with van der Waals surface area (Å²) in [5, 5.41) is 9.34. The molecule has 0 atom stereocenters. The lowest BCUT2D eigenvalue weighted by molar-refractivity contribution is -0.121. The number of hydrogen-bond donors (Lipinski definition) is 3. The van der Waals surface area contributed by atoms with Gasteiger partial charge in [0.1, 0.15) is 0 Å². The second-order valence-electron chi connectivity index (χ2n) is 4.86. The molecular weight excluding hydrogens is 214 g/mol. The van der Waals surface area contributed by atoms with E-state index < -0.39 is 0 Å². The summed E-state index contributed by atoms with van der Waals surface area (Å²) in [6.45, 7) is 8.01. The van der Waals surface area contributed by atoms with Gasteiger partial charge >= 0.3 is 0 Å². The van der Waals surface area contributed by atoms with Gasteiger partial charge in [-0.05, 0) is 38.9 Å². The zero-order valence-corrected chi connectivity index (χ0v) is 11.6. The minimum atomic E-state index is 0.181. The van der Waals surface area contributed by atoms with Crippen molar-refractivity contribution in [1.82, 2.24) is 16.0 Å². The number of carbonyl (C=O) groups excluding carboxylic acids is 1. The lowest BCUT2D eigenvalue weighted by Crippen LogP contribution is -2.33. The Balaban J connectivity index is 3.18. The van der Waals surface area contributed by atoms with Gasteiger partial charge in [-0.3, -0.25) is 4.79 Å². The van der Waals surface area contributed by atoms with Crippen LogP contribution in [-0.4, -0.2) is 39.1 Å². The third-order valence-corrected chi connectivity index (χ3v) is 2.51. The summed E-state index contributed by atoms with van der Waals surface area (Å²) < 4.78 is 0. The molecule has 0 bridgehead atoms. The van der Waals surface area contributed by atoms with Crippen LogP contribution in [0.15, 0.2) is 0 Å². The molecule has 0 heterocycles. The fraction of sp³-hybridized carbons (Fsp3) is 0.923. The third-order valence-electron chi connectivity index (χ3n) is 2.51. The van der Waals surface area contributed by atoms with Crippen molar-refractivity contribution in [1.29, 1.82) is 0 Å². The van der Waals surface area contributed by atoms with Crippen LogP contribution in [0.1, 0.15) is 39.5 Å². The molecule has 0 aromatic rings. The van der Waals surface area contributed by atoms with Crippen LogP contribution in [0, 0.1) is 5.92 Å². The molecule has 0 rings (SSSR count). The van der Waals surface area contributed by atoms with Crippen LogP contribution < -0.4 is 16.0 Å². The van der Waals surface area contributed by atoms with E-state index in [1.54, 1.807) is 0 Å². The maximum atomic E-state index is 11.4. The Labute approximate surface area is 106 Å². The lowest BCUT2D eigenvalue weighted by atomic mass is 10.2. The van der Waals surface area contributed by atoms with Crippen molar-refractivity contribution in [2.24, 2.45) is 5.92 Å². The molecule has 0 saturated heterocycles. The normalized spacial score (nSPS) is 10.8. The van der Waals surface area contributed by atoms with E-state index in [9.17, 15) is 4.79 Å². The Hall–Kier alpha value is -0.610. The lowest BCUT2D eigenvalue weighted by Gasteiger charge is -2.08. The van der Waals surface area contributed by atoms with Gasteiger partial charge in [0.05, 0.1) is 0 Å². The van der Waals surface area contributed by atoms with Gasteiger partial charge in [0.15, 0.2) is 0 Å². The summed E-state index contributed by atoms with van der Waals surface area (Å²) in [6, 6.07) is 0. The summed E-state index contributed by atoms with van der Waals surface area (Å²) >= 11 is 0. The SMILES string of the molecule is CNCCCCCC(=O)NCCNCC(C)C. The van der Waals surface area contributed by atoms with E-state index in [0.29, 0.717) is 12.3 Å². The van der Waals surface area contributed by atoms with Gasteiger partial charge in [-0.2, -0.15) is 0 Å².